The van der Waals surface area contributed by atoms with Crippen LogP contribution in [0.1, 0.15) is 38.5 Å². The molecule has 1 aromatic carbocycles. The largest absolute Gasteiger partial charge is 0.483 e. The van der Waals surface area contributed by atoms with Crippen LogP contribution < -0.4 is 14.8 Å². The lowest BCUT2D eigenvalue weighted by Gasteiger charge is -2.18. The molecular weight excluding hydrogens is 330 g/mol. The second-order valence-corrected chi connectivity index (χ2v) is 7.14. The van der Waals surface area contributed by atoms with E-state index >= 15 is 0 Å². The molecule has 0 unspecified atom stereocenters. The second kappa shape index (κ2) is 6.44. The Hall–Kier alpha value is -2.89. The van der Waals surface area contributed by atoms with Gasteiger partial charge in [0.15, 0.2) is 18.1 Å². The molecule has 1 amide bonds. The summed E-state index contributed by atoms with van der Waals surface area (Å²) >= 11 is 0. The average molecular weight is 353 g/mol. The minimum absolute atomic E-state index is 0. The Bertz CT molecular complexity index is 896. The Balaban J connectivity index is 0.00000210. The molecule has 2 aliphatic rings. The predicted octanol–water partition coefficient (Wildman–Crippen LogP) is 3.41. The number of allylic oxidation sites excluding steroid dienone is 1. The zero-order valence-corrected chi connectivity index (χ0v) is 14.9. The zero-order chi connectivity index (χ0) is 18.1. The standard InChI is InChI=1S/C20H21N3O3.H2/c1-20(2)10-13-6-5-9-16(18(13)26-20)25-11-17(24)23-19-14-7-3-4-8-15(14)21-12-22-19;/h3,5-7,9,12H,4,8,10-11H2,1-2H3,(H,21,22,23,24);1H. The lowest BCUT2D eigenvalue weighted by Crippen LogP contribution is -2.25. The van der Waals surface area contributed by atoms with Crippen molar-refractivity contribution in [3.8, 4) is 11.5 Å². The molecule has 1 aliphatic carbocycles. The van der Waals surface area contributed by atoms with Crippen molar-refractivity contribution >= 4 is 17.8 Å². The van der Waals surface area contributed by atoms with Gasteiger partial charge in [0.25, 0.3) is 5.91 Å². The van der Waals surface area contributed by atoms with Crippen LogP contribution in [0.3, 0.4) is 0 Å². The molecule has 2 heterocycles. The molecule has 2 aromatic rings. The van der Waals surface area contributed by atoms with Crippen LogP contribution in [0.15, 0.2) is 30.6 Å². The molecule has 0 saturated carbocycles. The van der Waals surface area contributed by atoms with Gasteiger partial charge in [-0.3, -0.25) is 4.79 Å². The summed E-state index contributed by atoms with van der Waals surface area (Å²) in [7, 11) is 0. The van der Waals surface area contributed by atoms with E-state index in [9.17, 15) is 4.79 Å². The van der Waals surface area contributed by atoms with E-state index in [1.54, 1.807) is 0 Å². The third-order valence-corrected chi connectivity index (χ3v) is 4.47. The highest BCUT2D eigenvalue weighted by Gasteiger charge is 2.32. The molecule has 6 heteroatoms. The third kappa shape index (κ3) is 3.27. The number of carbonyl (C=O) groups excluding carboxylic acids is 1. The monoisotopic (exact) mass is 353 g/mol. The maximum atomic E-state index is 12.3. The van der Waals surface area contributed by atoms with Crippen molar-refractivity contribution in [1.29, 1.82) is 0 Å². The minimum Gasteiger partial charge on any atom is -0.483 e. The van der Waals surface area contributed by atoms with Gasteiger partial charge in [-0.2, -0.15) is 0 Å². The van der Waals surface area contributed by atoms with Crippen LogP contribution in [0.5, 0.6) is 11.5 Å². The molecule has 136 valence electrons. The van der Waals surface area contributed by atoms with Gasteiger partial charge >= 0.3 is 0 Å². The predicted molar refractivity (Wildman–Crippen MR) is 100 cm³/mol. The molecular formula is C20H23N3O3. The Kier molecular flexibility index (Phi) is 4.11. The first kappa shape index (κ1) is 16.6. The highest BCUT2D eigenvalue weighted by atomic mass is 16.5. The van der Waals surface area contributed by atoms with E-state index in [0.717, 1.165) is 41.8 Å². The lowest BCUT2D eigenvalue weighted by molar-refractivity contribution is -0.118. The molecule has 0 spiro atoms. The van der Waals surface area contributed by atoms with E-state index in [4.69, 9.17) is 9.47 Å². The number of aryl methyl sites for hydroxylation is 1. The summed E-state index contributed by atoms with van der Waals surface area (Å²) in [5.74, 6) is 1.58. The molecule has 4 rings (SSSR count). The van der Waals surface area contributed by atoms with E-state index in [1.807, 2.05) is 38.1 Å². The third-order valence-electron chi connectivity index (χ3n) is 4.47. The Morgan fingerprint density at radius 1 is 1.38 bits per heavy atom. The maximum Gasteiger partial charge on any atom is 0.263 e. The first-order valence-corrected chi connectivity index (χ1v) is 8.76. The van der Waals surface area contributed by atoms with Crippen LogP contribution in [-0.2, 0) is 17.6 Å². The number of para-hydroxylation sites is 1. The number of fused-ring (bicyclic) bond motifs is 2. The summed E-state index contributed by atoms with van der Waals surface area (Å²) in [4.78, 5) is 20.8. The molecule has 1 N–H and O–H groups in total. The number of nitrogens with zero attached hydrogens (tertiary/aromatic N) is 2. The van der Waals surface area contributed by atoms with Gasteiger partial charge in [0.2, 0.25) is 0 Å². The van der Waals surface area contributed by atoms with E-state index in [1.165, 1.54) is 6.33 Å². The molecule has 0 bridgehead atoms. The number of rotatable bonds is 4. The number of ether oxygens (including phenoxy) is 2. The first-order valence-electron chi connectivity index (χ1n) is 8.76. The SMILES string of the molecule is CC1(C)Cc2cccc(OCC(=O)Nc3ncnc4c3C=CCC4)c2O1.[HH]. The van der Waals surface area contributed by atoms with Crippen molar-refractivity contribution in [1.82, 2.24) is 9.97 Å². The van der Waals surface area contributed by atoms with Gasteiger partial charge in [0, 0.05) is 19.0 Å². The molecule has 26 heavy (non-hydrogen) atoms. The highest BCUT2D eigenvalue weighted by molar-refractivity contribution is 5.93. The Morgan fingerprint density at radius 2 is 2.27 bits per heavy atom. The number of aromatic nitrogens is 2. The van der Waals surface area contributed by atoms with Crippen LogP contribution in [0.2, 0.25) is 0 Å². The van der Waals surface area contributed by atoms with Crippen molar-refractivity contribution < 1.29 is 15.7 Å². The quantitative estimate of drug-likeness (QED) is 0.912. The number of hydrogen-bond donors (Lipinski definition) is 1. The van der Waals surface area contributed by atoms with Gasteiger partial charge in [-0.1, -0.05) is 24.3 Å². The van der Waals surface area contributed by atoms with Crippen LogP contribution >= 0.6 is 0 Å². The smallest absolute Gasteiger partial charge is 0.263 e. The lowest BCUT2D eigenvalue weighted by atomic mass is 10.0. The second-order valence-electron chi connectivity index (χ2n) is 7.14. The van der Waals surface area contributed by atoms with Crippen molar-refractivity contribution in [2.24, 2.45) is 0 Å². The number of hydrogen-bond acceptors (Lipinski definition) is 5. The van der Waals surface area contributed by atoms with E-state index < -0.39 is 0 Å². The summed E-state index contributed by atoms with van der Waals surface area (Å²) in [5.41, 5.74) is 2.67. The van der Waals surface area contributed by atoms with Crippen molar-refractivity contribution in [2.75, 3.05) is 11.9 Å². The molecule has 6 nitrogen and oxygen atoms in total. The van der Waals surface area contributed by atoms with Gasteiger partial charge in [-0.25, -0.2) is 9.97 Å². The van der Waals surface area contributed by atoms with E-state index in [-0.39, 0.29) is 19.5 Å². The number of anilines is 1. The maximum absolute atomic E-state index is 12.3. The van der Waals surface area contributed by atoms with Crippen molar-refractivity contribution in [3.05, 3.63) is 47.4 Å². The fourth-order valence-electron chi connectivity index (χ4n) is 3.34. The summed E-state index contributed by atoms with van der Waals surface area (Å²) in [6.45, 7) is 3.97. The fraction of sp³-hybridized carbons (Fsp3) is 0.350. The minimum atomic E-state index is -0.264. The number of benzene rings is 1. The number of amides is 1. The van der Waals surface area contributed by atoms with Gasteiger partial charge in [0.05, 0.1) is 5.69 Å². The fourth-order valence-corrected chi connectivity index (χ4v) is 3.34. The Labute approximate surface area is 153 Å². The number of carbonyl (C=O) groups is 1. The first-order chi connectivity index (χ1) is 12.5. The van der Waals surface area contributed by atoms with Crippen molar-refractivity contribution in [2.45, 2.75) is 38.7 Å². The topological polar surface area (TPSA) is 73.3 Å². The molecule has 1 aromatic heterocycles. The van der Waals surface area contributed by atoms with Crippen LogP contribution in [0, 0.1) is 0 Å². The summed E-state index contributed by atoms with van der Waals surface area (Å²) < 4.78 is 11.7. The zero-order valence-electron chi connectivity index (χ0n) is 14.9. The number of nitrogens with one attached hydrogen (secondary N) is 1. The van der Waals surface area contributed by atoms with Gasteiger partial charge in [-0.05, 0) is 32.8 Å². The van der Waals surface area contributed by atoms with Gasteiger partial charge in [-0.15, -0.1) is 0 Å². The Morgan fingerprint density at radius 3 is 3.15 bits per heavy atom. The van der Waals surface area contributed by atoms with Crippen LogP contribution in [0.25, 0.3) is 6.08 Å². The molecule has 0 saturated heterocycles. The molecule has 0 radical (unpaired) electrons. The summed E-state index contributed by atoms with van der Waals surface area (Å²) in [6, 6.07) is 5.77. The van der Waals surface area contributed by atoms with Gasteiger partial charge in [0.1, 0.15) is 17.7 Å². The molecule has 1 aliphatic heterocycles. The van der Waals surface area contributed by atoms with Crippen LogP contribution in [-0.4, -0.2) is 28.1 Å². The van der Waals surface area contributed by atoms with E-state index in [2.05, 4.69) is 21.4 Å². The highest BCUT2D eigenvalue weighted by Crippen LogP contribution is 2.41. The van der Waals surface area contributed by atoms with Crippen molar-refractivity contribution in [3.63, 3.8) is 0 Å². The summed E-state index contributed by atoms with van der Waals surface area (Å²) in [6.07, 6.45) is 8.13. The van der Waals surface area contributed by atoms with Crippen LogP contribution in [0.4, 0.5) is 5.82 Å². The van der Waals surface area contributed by atoms with Gasteiger partial charge < -0.3 is 14.8 Å². The molecule has 0 atom stereocenters. The average Bonchev–Trinajstić information content (AvgIpc) is 2.94. The van der Waals surface area contributed by atoms with E-state index in [0.29, 0.717) is 11.6 Å². The summed E-state index contributed by atoms with van der Waals surface area (Å²) in [5, 5.41) is 2.82. The molecule has 0 fully saturated rings. The normalized spacial score (nSPS) is 16.4.